The fourth-order valence-electron chi connectivity index (χ4n) is 9.36. The lowest BCUT2D eigenvalue weighted by Gasteiger charge is -2.60. The fourth-order valence-corrected chi connectivity index (χ4v) is 9.36. The van der Waals surface area contributed by atoms with E-state index < -0.39 is 10.8 Å². The molecule has 0 amide bonds. The van der Waals surface area contributed by atoms with Gasteiger partial charge in [0.05, 0.1) is 0 Å². The molecule has 206 valence electrons. The van der Waals surface area contributed by atoms with Gasteiger partial charge in [-0.3, -0.25) is 19.2 Å². The smallest absolute Gasteiger partial charge is 0.302 e. The highest BCUT2D eigenvalue weighted by molar-refractivity contribution is 6.11. The molecule has 37 heavy (non-hydrogen) atoms. The molecule has 4 aliphatic carbocycles. The number of allylic oxidation sites excluding steroid dienone is 2. The Hall–Kier alpha value is -1.78. The van der Waals surface area contributed by atoms with Crippen molar-refractivity contribution in [2.75, 3.05) is 0 Å². The quantitative estimate of drug-likeness (QED) is 0.372. The van der Waals surface area contributed by atoms with Gasteiger partial charge in [0.2, 0.25) is 0 Å². The molecular weight excluding hydrogens is 464 g/mol. The van der Waals surface area contributed by atoms with E-state index in [9.17, 15) is 19.2 Å². The summed E-state index contributed by atoms with van der Waals surface area (Å²) in [6.45, 7) is 18.5. The number of rotatable bonds is 6. The lowest BCUT2D eigenvalue weighted by atomic mass is 9.42. The van der Waals surface area contributed by atoms with Crippen molar-refractivity contribution in [3.63, 3.8) is 0 Å². The van der Waals surface area contributed by atoms with Gasteiger partial charge in [-0.2, -0.15) is 0 Å². The van der Waals surface area contributed by atoms with Crippen molar-refractivity contribution >= 4 is 23.3 Å². The number of esters is 1. The van der Waals surface area contributed by atoms with Gasteiger partial charge in [0.1, 0.15) is 11.9 Å². The Labute approximate surface area is 223 Å². The van der Waals surface area contributed by atoms with Crippen LogP contribution < -0.4 is 0 Å². The number of Topliss-reactive ketones (excluding diaryl/α,β-unsaturated/α-hetero) is 3. The molecule has 0 heterocycles. The van der Waals surface area contributed by atoms with E-state index >= 15 is 0 Å². The van der Waals surface area contributed by atoms with Crippen LogP contribution in [0.2, 0.25) is 0 Å². The molecule has 4 rings (SSSR count). The maximum absolute atomic E-state index is 14.2. The van der Waals surface area contributed by atoms with Gasteiger partial charge in [-0.15, -0.1) is 0 Å². The van der Waals surface area contributed by atoms with Crippen LogP contribution in [0.5, 0.6) is 0 Å². The second kappa shape index (κ2) is 9.16. The third-order valence-electron chi connectivity index (χ3n) is 11.8. The van der Waals surface area contributed by atoms with Crippen LogP contribution in [0, 0.1) is 45.3 Å². The summed E-state index contributed by atoms with van der Waals surface area (Å²) >= 11 is 0. The number of ether oxygens (including phenoxy) is 1. The fraction of sp³-hybridized carbons (Fsp3) is 0.812. The lowest BCUT2D eigenvalue weighted by Crippen LogP contribution is -2.59. The van der Waals surface area contributed by atoms with E-state index in [2.05, 4.69) is 41.5 Å². The summed E-state index contributed by atoms with van der Waals surface area (Å²) in [4.78, 5) is 52.4. The first-order valence-corrected chi connectivity index (χ1v) is 14.5. The first-order valence-electron chi connectivity index (χ1n) is 14.5. The zero-order valence-electron chi connectivity index (χ0n) is 24.6. The Bertz CT molecular complexity index is 1050. The Morgan fingerprint density at radius 3 is 2.19 bits per heavy atom. The standard InChI is InChI=1S/C32H48O5/c1-18(2)22(34)11-10-19(3)21-12-15-31(8)28-23(35)16-25-29(5,6)26(37-20(4)33)13-14-30(25,7)27(28)24(36)17-32(21,31)9/h18-19,21,25-26H,10-17H2,1-9H3/t19-,21-,25+,26+,30+,31+,32-/m1/s1. The van der Waals surface area contributed by atoms with Crippen molar-refractivity contribution in [3.8, 4) is 0 Å². The predicted molar refractivity (Wildman–Crippen MR) is 144 cm³/mol. The topological polar surface area (TPSA) is 77.5 Å². The number of fused-ring (bicyclic) bond motifs is 4. The van der Waals surface area contributed by atoms with Crippen LogP contribution in [0.1, 0.15) is 114 Å². The number of carbonyl (C=O) groups excluding carboxylic acids is 4. The van der Waals surface area contributed by atoms with Gasteiger partial charge in [0.25, 0.3) is 0 Å². The van der Waals surface area contributed by atoms with Crippen molar-refractivity contribution in [2.24, 2.45) is 45.3 Å². The van der Waals surface area contributed by atoms with Crippen LogP contribution in [0.4, 0.5) is 0 Å². The summed E-state index contributed by atoms with van der Waals surface area (Å²) in [5.74, 6) is 0.926. The highest BCUT2D eigenvalue weighted by Gasteiger charge is 2.67. The molecule has 0 bridgehead atoms. The number of ketones is 3. The average molecular weight is 513 g/mol. The minimum atomic E-state index is -0.398. The average Bonchev–Trinajstić information content (AvgIpc) is 3.05. The van der Waals surface area contributed by atoms with Crippen LogP contribution in [-0.2, 0) is 23.9 Å². The molecule has 0 aliphatic heterocycles. The number of hydrogen-bond acceptors (Lipinski definition) is 5. The second-order valence-electron chi connectivity index (χ2n) is 14.4. The van der Waals surface area contributed by atoms with Crippen molar-refractivity contribution in [1.29, 1.82) is 0 Å². The van der Waals surface area contributed by atoms with E-state index in [4.69, 9.17) is 4.74 Å². The van der Waals surface area contributed by atoms with E-state index in [1.807, 2.05) is 13.8 Å². The predicted octanol–water partition coefficient (Wildman–Crippen LogP) is 6.67. The number of carbonyl (C=O) groups is 4. The molecule has 0 aromatic heterocycles. The van der Waals surface area contributed by atoms with Crippen molar-refractivity contribution in [1.82, 2.24) is 0 Å². The SMILES string of the molecule is CC(=O)O[C@H]1CC[C@]2(C)C3=C(C(=O)C[C@H]2C1(C)C)[C@]1(C)CC[C@H]([C@H](C)CCC(=O)C(C)C)[C@@]1(C)CC3=O. The Kier molecular flexibility index (Phi) is 6.99. The minimum absolute atomic E-state index is 0.0422. The van der Waals surface area contributed by atoms with Crippen molar-refractivity contribution in [2.45, 2.75) is 120 Å². The molecule has 0 N–H and O–H groups in total. The molecule has 5 heteroatoms. The highest BCUT2D eigenvalue weighted by Crippen LogP contribution is 2.71. The summed E-state index contributed by atoms with van der Waals surface area (Å²) in [7, 11) is 0. The summed E-state index contributed by atoms with van der Waals surface area (Å²) in [6.07, 6.45) is 5.41. The van der Waals surface area contributed by atoms with E-state index in [1.165, 1.54) is 6.92 Å². The summed E-state index contributed by atoms with van der Waals surface area (Å²) < 4.78 is 5.72. The van der Waals surface area contributed by atoms with Gasteiger partial charge in [0, 0.05) is 59.5 Å². The van der Waals surface area contributed by atoms with Crippen LogP contribution in [0.25, 0.3) is 0 Å². The van der Waals surface area contributed by atoms with Crippen LogP contribution >= 0.6 is 0 Å². The minimum Gasteiger partial charge on any atom is -0.462 e. The molecule has 0 saturated heterocycles. The Balaban J connectivity index is 1.72. The molecule has 0 radical (unpaired) electrons. The highest BCUT2D eigenvalue weighted by atomic mass is 16.5. The Morgan fingerprint density at radius 1 is 0.946 bits per heavy atom. The number of hydrogen-bond donors (Lipinski definition) is 0. The van der Waals surface area contributed by atoms with Gasteiger partial charge < -0.3 is 4.74 Å². The van der Waals surface area contributed by atoms with Gasteiger partial charge in [-0.1, -0.05) is 55.4 Å². The first kappa shape index (κ1) is 28.2. The second-order valence-corrected chi connectivity index (χ2v) is 14.4. The molecule has 0 aromatic carbocycles. The monoisotopic (exact) mass is 512 g/mol. The van der Waals surface area contributed by atoms with E-state index in [1.54, 1.807) is 0 Å². The maximum Gasteiger partial charge on any atom is 0.302 e. The first-order chi connectivity index (χ1) is 17.0. The third-order valence-corrected chi connectivity index (χ3v) is 11.8. The molecule has 2 saturated carbocycles. The summed E-state index contributed by atoms with van der Waals surface area (Å²) in [6, 6.07) is 0. The van der Waals surface area contributed by atoms with Gasteiger partial charge in [0.15, 0.2) is 11.6 Å². The van der Waals surface area contributed by atoms with Crippen LogP contribution in [0.3, 0.4) is 0 Å². The lowest BCUT2D eigenvalue weighted by molar-refractivity contribution is -0.169. The van der Waals surface area contributed by atoms with Gasteiger partial charge in [-0.25, -0.2) is 0 Å². The molecule has 0 unspecified atom stereocenters. The van der Waals surface area contributed by atoms with E-state index in [0.29, 0.717) is 43.3 Å². The molecule has 0 spiro atoms. The molecule has 7 atom stereocenters. The zero-order chi connectivity index (χ0) is 27.7. The van der Waals surface area contributed by atoms with Crippen LogP contribution in [-0.4, -0.2) is 29.4 Å². The van der Waals surface area contributed by atoms with Crippen molar-refractivity contribution in [3.05, 3.63) is 11.1 Å². The largest absolute Gasteiger partial charge is 0.462 e. The molecule has 4 aliphatic rings. The molecule has 5 nitrogen and oxygen atoms in total. The maximum atomic E-state index is 14.2. The molecule has 2 fully saturated rings. The molecular formula is C32H48O5. The van der Waals surface area contributed by atoms with Crippen LogP contribution in [0.15, 0.2) is 11.1 Å². The third kappa shape index (κ3) is 4.09. The normalized spacial score (nSPS) is 39.7. The van der Waals surface area contributed by atoms with Gasteiger partial charge in [-0.05, 0) is 55.3 Å². The zero-order valence-corrected chi connectivity index (χ0v) is 24.6. The van der Waals surface area contributed by atoms with Gasteiger partial charge >= 0.3 is 5.97 Å². The van der Waals surface area contributed by atoms with E-state index in [0.717, 1.165) is 36.8 Å². The summed E-state index contributed by atoms with van der Waals surface area (Å²) in [5.41, 5.74) is 0.208. The molecule has 0 aromatic rings. The van der Waals surface area contributed by atoms with E-state index in [-0.39, 0.29) is 46.3 Å². The van der Waals surface area contributed by atoms with Crippen molar-refractivity contribution < 1.29 is 23.9 Å². The Morgan fingerprint density at radius 2 is 1.59 bits per heavy atom. The summed E-state index contributed by atoms with van der Waals surface area (Å²) in [5, 5.41) is 0.